The van der Waals surface area contributed by atoms with Gasteiger partial charge in [-0.25, -0.2) is 0 Å². The molecule has 0 radical (unpaired) electrons. The molecule has 1 fully saturated rings. The van der Waals surface area contributed by atoms with E-state index in [0.29, 0.717) is 13.0 Å². The molecule has 0 saturated carbocycles. The highest BCUT2D eigenvalue weighted by Gasteiger charge is 2.37. The summed E-state index contributed by atoms with van der Waals surface area (Å²) in [6.07, 6.45) is 2.26. The van der Waals surface area contributed by atoms with Crippen molar-refractivity contribution in [1.29, 1.82) is 0 Å². The van der Waals surface area contributed by atoms with Gasteiger partial charge in [-0.05, 0) is 25.5 Å². The number of amides is 1. The first kappa shape index (κ1) is 11.1. The normalized spacial score (nSPS) is 25.2. The molecule has 2 rings (SSSR count). The molecule has 2 heterocycles. The Hall–Kier alpha value is -1.42. The van der Waals surface area contributed by atoms with E-state index < -0.39 is 0 Å². The number of rotatable bonds is 2. The number of carbonyl (C=O) groups excluding carboxylic acids is 1. The first-order valence-electron chi connectivity index (χ1n) is 5.61. The van der Waals surface area contributed by atoms with E-state index in [9.17, 15) is 4.79 Å². The fourth-order valence-electron chi connectivity index (χ4n) is 2.27. The van der Waals surface area contributed by atoms with E-state index in [-0.39, 0.29) is 18.0 Å². The fraction of sp³-hybridized carbons (Fsp3) is 0.500. The van der Waals surface area contributed by atoms with Gasteiger partial charge in [0.15, 0.2) is 0 Å². The van der Waals surface area contributed by atoms with Gasteiger partial charge in [-0.3, -0.25) is 9.78 Å². The van der Waals surface area contributed by atoms with E-state index in [0.717, 1.165) is 11.3 Å². The zero-order chi connectivity index (χ0) is 11.7. The van der Waals surface area contributed by atoms with Gasteiger partial charge >= 0.3 is 0 Å². The van der Waals surface area contributed by atoms with Crippen molar-refractivity contribution < 1.29 is 4.79 Å². The van der Waals surface area contributed by atoms with E-state index in [2.05, 4.69) is 4.98 Å². The van der Waals surface area contributed by atoms with Gasteiger partial charge in [-0.2, -0.15) is 0 Å². The Kier molecular flexibility index (Phi) is 2.92. The van der Waals surface area contributed by atoms with E-state index in [4.69, 9.17) is 5.73 Å². The van der Waals surface area contributed by atoms with Crippen LogP contribution >= 0.6 is 0 Å². The molecule has 2 atom stereocenters. The number of nitrogens with two attached hydrogens (primary N) is 1. The Labute approximate surface area is 95.5 Å². The van der Waals surface area contributed by atoms with E-state index in [1.165, 1.54) is 0 Å². The summed E-state index contributed by atoms with van der Waals surface area (Å²) in [7, 11) is 0. The van der Waals surface area contributed by atoms with E-state index >= 15 is 0 Å². The lowest BCUT2D eigenvalue weighted by Crippen LogP contribution is -2.32. The van der Waals surface area contributed by atoms with Crippen molar-refractivity contribution in [3.63, 3.8) is 0 Å². The van der Waals surface area contributed by atoms with Crippen LogP contribution in [0.5, 0.6) is 0 Å². The van der Waals surface area contributed by atoms with E-state index in [1.807, 2.05) is 37.1 Å². The van der Waals surface area contributed by atoms with Crippen molar-refractivity contribution in [3.05, 3.63) is 29.6 Å². The van der Waals surface area contributed by atoms with Gasteiger partial charge in [0.25, 0.3) is 0 Å². The Balaban J connectivity index is 2.31. The number of hydrogen-bond acceptors (Lipinski definition) is 3. The number of nitrogens with zero attached hydrogens (tertiary/aromatic N) is 2. The Morgan fingerprint density at radius 1 is 1.56 bits per heavy atom. The lowest BCUT2D eigenvalue weighted by atomic mass is 10.0. The van der Waals surface area contributed by atoms with Crippen molar-refractivity contribution in [1.82, 2.24) is 9.88 Å². The monoisotopic (exact) mass is 219 g/mol. The minimum atomic E-state index is -0.114. The molecule has 0 aromatic carbocycles. The van der Waals surface area contributed by atoms with Gasteiger partial charge in [0, 0.05) is 30.9 Å². The molecule has 2 unspecified atom stereocenters. The number of likely N-dealkylation sites (tertiary alicyclic amines) is 1. The van der Waals surface area contributed by atoms with Gasteiger partial charge in [0.05, 0.1) is 6.04 Å². The molecule has 2 N–H and O–H groups in total. The lowest BCUT2D eigenvalue weighted by Gasteiger charge is -2.25. The van der Waals surface area contributed by atoms with E-state index in [1.54, 1.807) is 0 Å². The highest BCUT2D eigenvalue weighted by Crippen LogP contribution is 2.31. The van der Waals surface area contributed by atoms with Crippen molar-refractivity contribution in [2.45, 2.75) is 32.4 Å². The third-order valence-electron chi connectivity index (χ3n) is 3.09. The molecule has 4 nitrogen and oxygen atoms in total. The van der Waals surface area contributed by atoms with Gasteiger partial charge in [0.2, 0.25) is 5.91 Å². The molecular formula is C12H17N3O. The summed E-state index contributed by atoms with van der Waals surface area (Å²) in [6, 6.07) is 3.84. The molecular weight excluding hydrogens is 202 g/mol. The third kappa shape index (κ3) is 1.80. The molecule has 1 aromatic rings. The molecule has 0 spiro atoms. The number of aryl methyl sites for hydroxylation is 1. The number of aromatic nitrogens is 1. The molecule has 1 amide bonds. The SMILES string of the molecule is CCN1C(=O)CC(N)C1c1ccc(C)nc1. The zero-order valence-corrected chi connectivity index (χ0v) is 9.68. The van der Waals surface area contributed by atoms with Gasteiger partial charge in [-0.1, -0.05) is 6.07 Å². The number of likely N-dealkylation sites (N-methyl/N-ethyl adjacent to an activating group) is 1. The van der Waals surface area contributed by atoms with Gasteiger partial charge in [0.1, 0.15) is 0 Å². The summed E-state index contributed by atoms with van der Waals surface area (Å²) in [6.45, 7) is 4.62. The number of hydrogen-bond donors (Lipinski definition) is 1. The van der Waals surface area contributed by atoms with Crippen LogP contribution in [0.4, 0.5) is 0 Å². The second-order valence-corrected chi connectivity index (χ2v) is 4.23. The lowest BCUT2D eigenvalue weighted by molar-refractivity contribution is -0.128. The van der Waals surface area contributed by atoms with Gasteiger partial charge < -0.3 is 10.6 Å². The Morgan fingerprint density at radius 2 is 2.31 bits per heavy atom. The molecule has 0 aliphatic carbocycles. The van der Waals surface area contributed by atoms with Crippen LogP contribution in [-0.2, 0) is 4.79 Å². The maximum Gasteiger partial charge on any atom is 0.224 e. The van der Waals surface area contributed by atoms with Crippen LogP contribution in [0.1, 0.15) is 30.6 Å². The predicted octanol–water partition coefficient (Wildman–Crippen LogP) is 1.01. The number of pyridine rings is 1. The smallest absolute Gasteiger partial charge is 0.224 e. The fourth-order valence-corrected chi connectivity index (χ4v) is 2.27. The van der Waals surface area contributed by atoms with Gasteiger partial charge in [-0.15, -0.1) is 0 Å². The highest BCUT2D eigenvalue weighted by molar-refractivity contribution is 5.80. The second kappa shape index (κ2) is 4.22. The van der Waals surface area contributed by atoms with Crippen LogP contribution in [0.25, 0.3) is 0 Å². The Bertz CT molecular complexity index is 388. The number of carbonyl (C=O) groups is 1. The topological polar surface area (TPSA) is 59.2 Å². The molecule has 1 aromatic heterocycles. The van der Waals surface area contributed by atoms with Crippen LogP contribution in [0.2, 0.25) is 0 Å². The first-order valence-corrected chi connectivity index (χ1v) is 5.61. The highest BCUT2D eigenvalue weighted by atomic mass is 16.2. The summed E-state index contributed by atoms with van der Waals surface area (Å²) >= 11 is 0. The third-order valence-corrected chi connectivity index (χ3v) is 3.09. The van der Waals surface area contributed by atoms with Crippen molar-refractivity contribution in [2.24, 2.45) is 5.73 Å². The van der Waals surface area contributed by atoms with Crippen molar-refractivity contribution in [2.75, 3.05) is 6.54 Å². The molecule has 1 aliphatic heterocycles. The minimum absolute atomic E-state index is 0.00870. The molecule has 16 heavy (non-hydrogen) atoms. The van der Waals surface area contributed by atoms with Crippen LogP contribution in [0.15, 0.2) is 18.3 Å². The second-order valence-electron chi connectivity index (χ2n) is 4.23. The van der Waals surface area contributed by atoms with Crippen LogP contribution in [0, 0.1) is 6.92 Å². The summed E-state index contributed by atoms with van der Waals surface area (Å²) in [5, 5.41) is 0. The summed E-state index contributed by atoms with van der Waals surface area (Å²) in [5.41, 5.74) is 8.02. The quantitative estimate of drug-likeness (QED) is 0.807. The van der Waals surface area contributed by atoms with Crippen molar-refractivity contribution in [3.8, 4) is 0 Å². The zero-order valence-electron chi connectivity index (χ0n) is 9.68. The molecule has 86 valence electrons. The summed E-state index contributed by atoms with van der Waals surface area (Å²) < 4.78 is 0. The predicted molar refractivity (Wildman–Crippen MR) is 61.7 cm³/mol. The summed E-state index contributed by atoms with van der Waals surface area (Å²) in [5.74, 6) is 0.139. The molecule has 0 bridgehead atoms. The summed E-state index contributed by atoms with van der Waals surface area (Å²) in [4.78, 5) is 17.8. The molecule has 1 aliphatic rings. The Morgan fingerprint density at radius 3 is 2.88 bits per heavy atom. The molecule has 4 heteroatoms. The average molecular weight is 219 g/mol. The largest absolute Gasteiger partial charge is 0.334 e. The minimum Gasteiger partial charge on any atom is -0.334 e. The maximum absolute atomic E-state index is 11.7. The average Bonchev–Trinajstić information content (AvgIpc) is 2.54. The van der Waals surface area contributed by atoms with Crippen LogP contribution < -0.4 is 5.73 Å². The van der Waals surface area contributed by atoms with Crippen LogP contribution in [-0.4, -0.2) is 28.4 Å². The maximum atomic E-state index is 11.7. The van der Waals surface area contributed by atoms with Crippen molar-refractivity contribution >= 4 is 5.91 Å². The first-order chi connectivity index (χ1) is 7.63. The molecule has 1 saturated heterocycles. The standard InChI is InChI=1S/C12H17N3O/c1-3-15-11(16)6-10(13)12(15)9-5-4-8(2)14-7-9/h4-5,7,10,12H,3,6,13H2,1-2H3. The van der Waals surface area contributed by atoms with Crippen LogP contribution in [0.3, 0.4) is 0 Å².